The summed E-state index contributed by atoms with van der Waals surface area (Å²) >= 11 is 9.18. The molecule has 0 radical (unpaired) electrons. The van der Waals surface area contributed by atoms with Crippen molar-refractivity contribution in [1.82, 2.24) is 4.98 Å². The molecule has 106 valence electrons. The molecule has 0 spiro atoms. The molecule has 2 rings (SSSR count). The predicted molar refractivity (Wildman–Crippen MR) is 83.3 cm³/mol. The zero-order valence-corrected chi connectivity index (χ0v) is 13.6. The number of benzene rings is 1. The first-order valence-electron chi connectivity index (χ1n) is 5.49. The molecule has 0 fully saturated rings. The maximum Gasteiger partial charge on any atom is 0.264 e. The third-order valence-electron chi connectivity index (χ3n) is 2.51. The second-order valence-electron chi connectivity index (χ2n) is 4.11. The molecule has 20 heavy (non-hydrogen) atoms. The number of nitrogen functional groups attached to an aromatic ring is 1. The highest BCUT2D eigenvalue weighted by molar-refractivity contribution is 9.10. The first-order valence-corrected chi connectivity index (χ1v) is 8.15. The SMILES string of the molecule is Cc1cc(N)cnc1NS(=O)(=O)c1ccc(Br)cc1Cl. The van der Waals surface area contributed by atoms with Crippen LogP contribution in [0.5, 0.6) is 0 Å². The average Bonchev–Trinajstić information content (AvgIpc) is 2.32. The van der Waals surface area contributed by atoms with Crippen molar-refractivity contribution in [1.29, 1.82) is 0 Å². The van der Waals surface area contributed by atoms with Crippen molar-refractivity contribution in [3.63, 3.8) is 0 Å². The number of pyridine rings is 1. The van der Waals surface area contributed by atoms with Crippen molar-refractivity contribution in [2.45, 2.75) is 11.8 Å². The summed E-state index contributed by atoms with van der Waals surface area (Å²) in [5.74, 6) is 0.221. The topological polar surface area (TPSA) is 85.1 Å². The fourth-order valence-corrected chi connectivity index (χ4v) is 3.70. The largest absolute Gasteiger partial charge is 0.397 e. The molecule has 0 saturated carbocycles. The number of nitrogens with zero attached hydrogens (tertiary/aromatic N) is 1. The Labute approximate surface area is 130 Å². The van der Waals surface area contributed by atoms with Crippen LogP contribution in [0, 0.1) is 6.92 Å². The van der Waals surface area contributed by atoms with E-state index < -0.39 is 10.0 Å². The van der Waals surface area contributed by atoms with Gasteiger partial charge in [-0.15, -0.1) is 0 Å². The maximum atomic E-state index is 12.3. The highest BCUT2D eigenvalue weighted by Gasteiger charge is 2.19. The van der Waals surface area contributed by atoms with Crippen molar-refractivity contribution in [3.8, 4) is 0 Å². The summed E-state index contributed by atoms with van der Waals surface area (Å²) in [6.07, 6.45) is 1.38. The van der Waals surface area contributed by atoms with Crippen LogP contribution in [0.4, 0.5) is 11.5 Å². The van der Waals surface area contributed by atoms with Crippen molar-refractivity contribution in [3.05, 3.63) is 45.5 Å². The summed E-state index contributed by atoms with van der Waals surface area (Å²) in [5.41, 5.74) is 6.67. The van der Waals surface area contributed by atoms with Crippen LogP contribution in [0.1, 0.15) is 5.56 Å². The average molecular weight is 377 g/mol. The predicted octanol–water partition coefficient (Wildman–Crippen LogP) is 3.19. The maximum absolute atomic E-state index is 12.3. The summed E-state index contributed by atoms with van der Waals surface area (Å²) < 4.78 is 27.7. The minimum atomic E-state index is -3.80. The van der Waals surface area contributed by atoms with Crippen LogP contribution in [0.2, 0.25) is 5.02 Å². The van der Waals surface area contributed by atoms with Crippen LogP contribution in [0.15, 0.2) is 39.8 Å². The van der Waals surface area contributed by atoms with E-state index in [4.69, 9.17) is 17.3 Å². The number of halogens is 2. The van der Waals surface area contributed by atoms with Crippen LogP contribution >= 0.6 is 27.5 Å². The summed E-state index contributed by atoms with van der Waals surface area (Å²) in [7, 11) is -3.80. The van der Waals surface area contributed by atoms with Gasteiger partial charge < -0.3 is 5.73 Å². The number of nitrogens with one attached hydrogen (secondary N) is 1. The number of nitrogens with two attached hydrogens (primary N) is 1. The Morgan fingerprint density at radius 3 is 2.65 bits per heavy atom. The van der Waals surface area contributed by atoms with Crippen LogP contribution in [0.25, 0.3) is 0 Å². The van der Waals surface area contributed by atoms with Crippen molar-refractivity contribution < 1.29 is 8.42 Å². The van der Waals surface area contributed by atoms with E-state index in [1.165, 1.54) is 18.3 Å². The number of anilines is 2. The quantitative estimate of drug-likeness (QED) is 0.861. The molecule has 3 N–H and O–H groups in total. The standard InChI is InChI=1S/C12H11BrClN3O2S/c1-7-4-9(15)6-16-12(7)17-20(18,19)11-3-2-8(13)5-10(11)14/h2-6H,15H2,1H3,(H,16,17). The van der Waals surface area contributed by atoms with Gasteiger partial charge in [0.1, 0.15) is 10.7 Å². The molecule has 0 aliphatic carbocycles. The molecule has 2 aromatic rings. The van der Waals surface area contributed by atoms with Gasteiger partial charge in [-0.2, -0.15) is 0 Å². The fraction of sp³-hybridized carbons (Fsp3) is 0.0833. The molecule has 0 aliphatic rings. The second-order valence-corrected chi connectivity index (χ2v) is 7.09. The molecule has 0 aliphatic heterocycles. The summed E-state index contributed by atoms with van der Waals surface area (Å²) in [6.45, 7) is 1.71. The number of aromatic nitrogens is 1. The first kappa shape index (κ1) is 15.1. The highest BCUT2D eigenvalue weighted by Crippen LogP contribution is 2.27. The van der Waals surface area contributed by atoms with Gasteiger partial charge in [-0.25, -0.2) is 13.4 Å². The molecule has 0 saturated heterocycles. The molecular formula is C12H11BrClN3O2S. The summed E-state index contributed by atoms with van der Waals surface area (Å²) in [6, 6.07) is 6.17. The minimum absolute atomic E-state index is 0.0135. The van der Waals surface area contributed by atoms with Gasteiger partial charge >= 0.3 is 0 Å². The van der Waals surface area contributed by atoms with E-state index in [9.17, 15) is 8.42 Å². The number of aryl methyl sites for hydroxylation is 1. The Balaban J connectivity index is 2.41. The Morgan fingerprint density at radius 1 is 1.35 bits per heavy atom. The van der Waals surface area contributed by atoms with Crippen molar-refractivity contribution in [2.75, 3.05) is 10.5 Å². The van der Waals surface area contributed by atoms with Crippen LogP contribution < -0.4 is 10.5 Å². The normalized spacial score (nSPS) is 11.3. The van der Waals surface area contributed by atoms with E-state index >= 15 is 0 Å². The second kappa shape index (κ2) is 5.59. The van der Waals surface area contributed by atoms with Crippen molar-refractivity contribution in [2.24, 2.45) is 0 Å². The van der Waals surface area contributed by atoms with Gasteiger partial charge in [0.05, 0.1) is 16.9 Å². The van der Waals surface area contributed by atoms with E-state index in [1.54, 1.807) is 19.1 Å². The molecule has 0 unspecified atom stereocenters. The number of hydrogen-bond acceptors (Lipinski definition) is 4. The Kier molecular flexibility index (Phi) is 4.22. The van der Waals surface area contributed by atoms with E-state index in [0.29, 0.717) is 15.7 Å². The molecule has 1 aromatic heterocycles. The third-order valence-corrected chi connectivity index (χ3v) is 4.83. The lowest BCUT2D eigenvalue weighted by molar-refractivity contribution is 0.601. The molecule has 0 amide bonds. The first-order chi connectivity index (χ1) is 9.29. The van der Waals surface area contributed by atoms with Gasteiger partial charge in [0, 0.05) is 4.47 Å². The van der Waals surface area contributed by atoms with E-state index in [0.717, 1.165) is 0 Å². The van der Waals surface area contributed by atoms with Crippen LogP contribution in [-0.4, -0.2) is 13.4 Å². The summed E-state index contributed by atoms with van der Waals surface area (Å²) in [4.78, 5) is 3.95. The van der Waals surface area contributed by atoms with Gasteiger partial charge in [0.15, 0.2) is 0 Å². The van der Waals surface area contributed by atoms with Gasteiger partial charge in [0.2, 0.25) is 0 Å². The van der Waals surface area contributed by atoms with Gasteiger partial charge in [-0.3, -0.25) is 4.72 Å². The molecular weight excluding hydrogens is 366 g/mol. The molecule has 1 heterocycles. The zero-order valence-electron chi connectivity index (χ0n) is 10.4. The lowest BCUT2D eigenvalue weighted by Crippen LogP contribution is -2.15. The number of hydrogen-bond donors (Lipinski definition) is 2. The lowest BCUT2D eigenvalue weighted by Gasteiger charge is -2.11. The number of sulfonamides is 1. The van der Waals surface area contributed by atoms with E-state index in [-0.39, 0.29) is 15.7 Å². The smallest absolute Gasteiger partial charge is 0.264 e. The fourth-order valence-electron chi connectivity index (χ4n) is 1.58. The van der Waals surface area contributed by atoms with Crippen LogP contribution in [0.3, 0.4) is 0 Å². The molecule has 5 nitrogen and oxygen atoms in total. The molecule has 8 heteroatoms. The zero-order chi connectivity index (χ0) is 14.9. The molecule has 1 aromatic carbocycles. The van der Waals surface area contributed by atoms with Crippen molar-refractivity contribution >= 4 is 49.1 Å². The van der Waals surface area contributed by atoms with Gasteiger partial charge in [0.25, 0.3) is 10.0 Å². The van der Waals surface area contributed by atoms with Gasteiger partial charge in [-0.1, -0.05) is 27.5 Å². The monoisotopic (exact) mass is 375 g/mol. The lowest BCUT2D eigenvalue weighted by atomic mass is 10.3. The van der Waals surface area contributed by atoms with E-state index in [1.807, 2.05) is 0 Å². The van der Waals surface area contributed by atoms with E-state index in [2.05, 4.69) is 25.6 Å². The Bertz CT molecular complexity index is 765. The van der Waals surface area contributed by atoms with Crippen LogP contribution in [-0.2, 0) is 10.0 Å². The third kappa shape index (κ3) is 3.23. The summed E-state index contributed by atoms with van der Waals surface area (Å²) in [5, 5.41) is 0.125. The Morgan fingerprint density at radius 2 is 2.05 bits per heavy atom. The highest BCUT2D eigenvalue weighted by atomic mass is 79.9. The number of rotatable bonds is 3. The van der Waals surface area contributed by atoms with Gasteiger partial charge in [-0.05, 0) is 36.8 Å². The Hall–Kier alpha value is -1.31. The minimum Gasteiger partial charge on any atom is -0.397 e. The molecule has 0 bridgehead atoms. The molecule has 0 atom stereocenters.